The van der Waals surface area contributed by atoms with Crippen molar-refractivity contribution in [2.45, 2.75) is 25.7 Å². The maximum atomic E-state index is 11.5. The van der Waals surface area contributed by atoms with Gasteiger partial charge < -0.3 is 14.3 Å². The van der Waals surface area contributed by atoms with Gasteiger partial charge >= 0.3 is 5.63 Å². The van der Waals surface area contributed by atoms with Crippen LogP contribution in [0.2, 0.25) is 0 Å². The smallest absolute Gasteiger partial charge is 0.343 e. The van der Waals surface area contributed by atoms with Crippen molar-refractivity contribution >= 4 is 10.8 Å². The normalized spacial score (nSPS) is 10.8. The number of aliphatic hydroxyl groups excluding tert-OH is 1. The fraction of sp³-hybridized carbons (Fsp3) is 0.400. The van der Waals surface area contributed by atoms with Gasteiger partial charge in [0, 0.05) is 6.61 Å². The Morgan fingerprint density at radius 2 is 1.95 bits per heavy atom. The molecule has 2 rings (SSSR count). The van der Waals surface area contributed by atoms with Crippen molar-refractivity contribution in [1.29, 1.82) is 0 Å². The molecule has 1 aromatic heterocycles. The first-order valence-electron chi connectivity index (χ1n) is 6.56. The van der Waals surface area contributed by atoms with Gasteiger partial charge in [-0.1, -0.05) is 12.5 Å². The summed E-state index contributed by atoms with van der Waals surface area (Å²) < 4.78 is 10.4. The lowest BCUT2D eigenvalue weighted by atomic mass is 10.2. The van der Waals surface area contributed by atoms with Gasteiger partial charge in [0.15, 0.2) is 0 Å². The summed E-state index contributed by atoms with van der Waals surface area (Å²) in [5, 5.41) is 10.1. The third kappa shape index (κ3) is 3.83. The first-order valence-corrected chi connectivity index (χ1v) is 6.56. The molecule has 0 aliphatic heterocycles. The Labute approximate surface area is 111 Å². The number of aliphatic hydroxyl groups is 1. The molecule has 0 bridgehead atoms. The van der Waals surface area contributed by atoms with E-state index in [1.807, 2.05) is 12.1 Å². The second kappa shape index (κ2) is 6.95. The monoisotopic (exact) mass is 262 g/mol. The van der Waals surface area contributed by atoms with E-state index in [0.29, 0.717) is 17.7 Å². The highest BCUT2D eigenvalue weighted by molar-refractivity contribution is 5.82. The number of ether oxygens (including phenoxy) is 1. The van der Waals surface area contributed by atoms with Crippen molar-refractivity contribution < 1.29 is 14.3 Å². The van der Waals surface area contributed by atoms with Gasteiger partial charge in [0.1, 0.15) is 5.75 Å². The van der Waals surface area contributed by atoms with Crippen LogP contribution in [-0.2, 0) is 0 Å². The molecule has 0 aliphatic carbocycles. The number of hydrogen-bond donors (Lipinski definition) is 1. The lowest BCUT2D eigenvalue weighted by Crippen LogP contribution is -2.01. The Hall–Kier alpha value is -1.81. The standard InChI is InChI=1S/C15H18O4/c16-8-3-1-2-4-9-18-13-6-5-12-7-10-19-15(17)14(12)11-13/h5-7,10-11,16H,1-4,8-9H2. The van der Waals surface area contributed by atoms with Gasteiger partial charge in [0.05, 0.1) is 18.3 Å². The molecule has 0 atom stereocenters. The molecule has 0 saturated carbocycles. The van der Waals surface area contributed by atoms with Crippen molar-refractivity contribution in [3.05, 3.63) is 40.9 Å². The zero-order valence-electron chi connectivity index (χ0n) is 10.8. The molecule has 0 aliphatic rings. The van der Waals surface area contributed by atoms with Gasteiger partial charge in [-0.25, -0.2) is 4.79 Å². The summed E-state index contributed by atoms with van der Waals surface area (Å²) in [5.41, 5.74) is -0.342. The van der Waals surface area contributed by atoms with Crippen LogP contribution in [0.4, 0.5) is 0 Å². The molecule has 0 unspecified atom stereocenters. The summed E-state index contributed by atoms with van der Waals surface area (Å²) in [7, 11) is 0. The predicted molar refractivity (Wildman–Crippen MR) is 73.5 cm³/mol. The van der Waals surface area contributed by atoms with E-state index in [4.69, 9.17) is 14.3 Å². The van der Waals surface area contributed by atoms with Gasteiger partial charge in [-0.05, 0) is 42.8 Å². The van der Waals surface area contributed by atoms with Crippen LogP contribution in [0.1, 0.15) is 25.7 Å². The molecule has 0 spiro atoms. The molecule has 1 heterocycles. The third-order valence-electron chi connectivity index (χ3n) is 2.99. The van der Waals surface area contributed by atoms with Crippen LogP contribution < -0.4 is 10.4 Å². The topological polar surface area (TPSA) is 59.7 Å². The van der Waals surface area contributed by atoms with Gasteiger partial charge in [0.2, 0.25) is 0 Å². The zero-order valence-corrected chi connectivity index (χ0v) is 10.8. The van der Waals surface area contributed by atoms with Gasteiger partial charge in [0.25, 0.3) is 0 Å². The molecule has 102 valence electrons. The molecule has 4 heteroatoms. The molecule has 4 nitrogen and oxygen atoms in total. The zero-order chi connectivity index (χ0) is 13.5. The van der Waals surface area contributed by atoms with Crippen LogP contribution in [0.3, 0.4) is 0 Å². The maximum absolute atomic E-state index is 11.5. The van der Waals surface area contributed by atoms with Crippen LogP contribution >= 0.6 is 0 Å². The van der Waals surface area contributed by atoms with Crippen LogP contribution in [-0.4, -0.2) is 18.3 Å². The molecule has 0 saturated heterocycles. The molecule has 19 heavy (non-hydrogen) atoms. The van der Waals surface area contributed by atoms with Gasteiger partial charge in [-0.3, -0.25) is 0 Å². The van der Waals surface area contributed by atoms with Crippen molar-refractivity contribution in [3.63, 3.8) is 0 Å². The fourth-order valence-electron chi connectivity index (χ4n) is 1.94. The van der Waals surface area contributed by atoms with Crippen molar-refractivity contribution in [2.24, 2.45) is 0 Å². The van der Waals surface area contributed by atoms with E-state index in [-0.39, 0.29) is 12.2 Å². The largest absolute Gasteiger partial charge is 0.494 e. The number of fused-ring (bicyclic) bond motifs is 1. The highest BCUT2D eigenvalue weighted by Gasteiger charge is 2.02. The number of unbranched alkanes of at least 4 members (excludes halogenated alkanes) is 3. The van der Waals surface area contributed by atoms with Crippen LogP contribution in [0.5, 0.6) is 5.75 Å². The van der Waals surface area contributed by atoms with E-state index in [2.05, 4.69) is 0 Å². The third-order valence-corrected chi connectivity index (χ3v) is 2.99. The summed E-state index contributed by atoms with van der Waals surface area (Å²) in [6.45, 7) is 0.871. The highest BCUT2D eigenvalue weighted by atomic mass is 16.5. The summed E-state index contributed by atoms with van der Waals surface area (Å²) in [5.74, 6) is 0.688. The molecule has 2 aromatic rings. The quantitative estimate of drug-likeness (QED) is 0.779. The molecule has 0 amide bonds. The Kier molecular flexibility index (Phi) is 4.98. The van der Waals surface area contributed by atoms with E-state index in [1.54, 1.807) is 12.1 Å². The maximum Gasteiger partial charge on any atom is 0.343 e. The Bertz CT molecular complexity index is 574. The van der Waals surface area contributed by atoms with Crippen LogP contribution in [0, 0.1) is 0 Å². The molecule has 1 aromatic carbocycles. The van der Waals surface area contributed by atoms with Crippen LogP contribution in [0.25, 0.3) is 10.8 Å². The average Bonchev–Trinajstić information content (AvgIpc) is 2.43. The van der Waals surface area contributed by atoms with Crippen LogP contribution in [0.15, 0.2) is 39.7 Å². The minimum absolute atomic E-state index is 0.251. The van der Waals surface area contributed by atoms with Gasteiger partial charge in [-0.2, -0.15) is 0 Å². The second-order valence-corrected chi connectivity index (χ2v) is 4.44. The van der Waals surface area contributed by atoms with Gasteiger partial charge in [-0.15, -0.1) is 0 Å². The van der Waals surface area contributed by atoms with E-state index < -0.39 is 0 Å². The summed E-state index contributed by atoms with van der Waals surface area (Å²) in [6, 6.07) is 7.19. The first-order chi connectivity index (χ1) is 9.31. The Morgan fingerprint density at radius 3 is 2.79 bits per heavy atom. The lowest BCUT2D eigenvalue weighted by Gasteiger charge is -2.06. The van der Waals surface area contributed by atoms with Crippen molar-refractivity contribution in [1.82, 2.24) is 0 Å². The summed E-state index contributed by atoms with van der Waals surface area (Å²) >= 11 is 0. The molecule has 0 fully saturated rings. The van der Waals surface area contributed by atoms with Crippen molar-refractivity contribution in [3.8, 4) is 5.75 Å². The molecular weight excluding hydrogens is 244 g/mol. The van der Waals surface area contributed by atoms with E-state index in [9.17, 15) is 4.79 Å². The SMILES string of the molecule is O=c1occc2ccc(OCCCCCCO)cc12. The Morgan fingerprint density at radius 1 is 1.11 bits per heavy atom. The Balaban J connectivity index is 1.91. The van der Waals surface area contributed by atoms with E-state index in [0.717, 1.165) is 31.1 Å². The minimum atomic E-state index is -0.342. The summed E-state index contributed by atoms with van der Waals surface area (Å²) in [4.78, 5) is 11.5. The van der Waals surface area contributed by atoms with E-state index >= 15 is 0 Å². The first kappa shape index (κ1) is 13.6. The number of rotatable bonds is 7. The molecule has 0 radical (unpaired) electrons. The molecular formula is C15H18O4. The minimum Gasteiger partial charge on any atom is -0.494 e. The fourth-order valence-corrected chi connectivity index (χ4v) is 1.94. The number of hydrogen-bond acceptors (Lipinski definition) is 4. The average molecular weight is 262 g/mol. The van der Waals surface area contributed by atoms with Crippen molar-refractivity contribution in [2.75, 3.05) is 13.2 Å². The predicted octanol–water partition coefficient (Wildman–Crippen LogP) is 2.72. The van der Waals surface area contributed by atoms with E-state index in [1.165, 1.54) is 6.26 Å². The summed E-state index contributed by atoms with van der Waals surface area (Å²) in [6.07, 6.45) is 5.24. The highest BCUT2D eigenvalue weighted by Crippen LogP contribution is 2.18. The second-order valence-electron chi connectivity index (χ2n) is 4.44. The number of benzene rings is 1. The molecule has 1 N–H and O–H groups in total. The lowest BCUT2D eigenvalue weighted by molar-refractivity contribution is 0.273.